The molecule has 0 aromatic carbocycles. The van der Waals surface area contributed by atoms with Crippen LogP contribution in [0.2, 0.25) is 0 Å². The third-order valence-electron chi connectivity index (χ3n) is 5.01. The maximum atomic E-state index is 12.9. The Hall–Kier alpha value is -2.85. The van der Waals surface area contributed by atoms with E-state index in [2.05, 4.69) is 5.16 Å². The molecule has 0 unspecified atom stereocenters. The number of thiophene rings is 1. The molecule has 3 heterocycles. The zero-order valence-electron chi connectivity index (χ0n) is 16.0. The monoisotopic (exact) mass is 417 g/mol. The van der Waals surface area contributed by atoms with Crippen LogP contribution in [-0.4, -0.2) is 77.7 Å². The molecule has 4 rings (SSSR count). The Morgan fingerprint density at radius 2 is 1.93 bits per heavy atom. The third kappa shape index (κ3) is 3.38. The van der Waals surface area contributed by atoms with Crippen LogP contribution in [0, 0.1) is 6.92 Å². The lowest BCUT2D eigenvalue weighted by Gasteiger charge is -2.33. The summed E-state index contributed by atoms with van der Waals surface area (Å²) >= 11 is 1.02. The number of amides is 1. The maximum absolute atomic E-state index is 12.9. The molecular formula is C19H19N3O6S. The van der Waals surface area contributed by atoms with Gasteiger partial charge in [-0.25, -0.2) is 0 Å². The van der Waals surface area contributed by atoms with Crippen LogP contribution in [-0.2, 0) is 9.53 Å². The molecule has 29 heavy (non-hydrogen) atoms. The molecule has 2 aromatic heterocycles. The fourth-order valence-corrected chi connectivity index (χ4v) is 4.59. The highest BCUT2D eigenvalue weighted by atomic mass is 32.1. The van der Waals surface area contributed by atoms with E-state index in [0.717, 1.165) is 11.3 Å². The molecule has 0 N–H and O–H groups in total. The molecule has 0 bridgehead atoms. The first-order chi connectivity index (χ1) is 13.9. The zero-order valence-corrected chi connectivity index (χ0v) is 16.8. The number of hydrogen-bond donors (Lipinski definition) is 0. The zero-order chi connectivity index (χ0) is 20.7. The maximum Gasteiger partial charge on any atom is 0.320 e. The minimum atomic E-state index is -0.426. The lowest BCUT2D eigenvalue weighted by atomic mass is 9.93. The molecule has 1 amide bonds. The highest BCUT2D eigenvalue weighted by Gasteiger charge is 2.38. The van der Waals surface area contributed by atoms with Crippen LogP contribution in [0.15, 0.2) is 10.6 Å². The summed E-state index contributed by atoms with van der Waals surface area (Å²) in [5.74, 6) is -1.34. The number of esters is 1. The lowest BCUT2D eigenvalue weighted by molar-refractivity contribution is -0.144. The van der Waals surface area contributed by atoms with Gasteiger partial charge in [0.1, 0.15) is 0 Å². The largest absolute Gasteiger partial charge is 0.465 e. The van der Waals surface area contributed by atoms with Gasteiger partial charge >= 0.3 is 5.97 Å². The average Bonchev–Trinajstić information content (AvgIpc) is 3.31. The van der Waals surface area contributed by atoms with Crippen LogP contribution in [0.3, 0.4) is 0 Å². The highest BCUT2D eigenvalue weighted by molar-refractivity contribution is 7.16. The van der Waals surface area contributed by atoms with Crippen molar-refractivity contribution in [3.8, 4) is 0 Å². The average molecular weight is 417 g/mol. The number of rotatable bonds is 4. The number of hydrogen-bond acceptors (Lipinski definition) is 9. The molecular weight excluding hydrogens is 398 g/mol. The van der Waals surface area contributed by atoms with Gasteiger partial charge < -0.3 is 14.2 Å². The van der Waals surface area contributed by atoms with Crippen LogP contribution in [0.1, 0.15) is 53.6 Å². The van der Waals surface area contributed by atoms with E-state index in [1.165, 1.54) is 6.07 Å². The number of ketones is 2. The summed E-state index contributed by atoms with van der Waals surface area (Å²) in [6, 6.07) is 1.47. The molecule has 10 heteroatoms. The van der Waals surface area contributed by atoms with Crippen LogP contribution in [0.5, 0.6) is 0 Å². The molecule has 1 saturated heterocycles. The van der Waals surface area contributed by atoms with E-state index in [4.69, 9.17) is 9.26 Å². The van der Waals surface area contributed by atoms with Gasteiger partial charge in [-0.1, -0.05) is 5.16 Å². The molecule has 1 aliphatic heterocycles. The standard InChI is InChI=1S/C19H19N3O6S/c1-3-27-13(23)9-21-4-6-22(7-5-21)19(26)12-8-11-15(24)17-14(10(2)20-28-17)16(25)18(11)29-12/h8H,3-7,9H2,1-2H3. The van der Waals surface area contributed by atoms with Gasteiger partial charge in [0, 0.05) is 31.7 Å². The van der Waals surface area contributed by atoms with E-state index in [1.54, 1.807) is 18.7 Å². The Kier molecular flexibility index (Phi) is 5.05. The number of ether oxygens (including phenoxy) is 1. The number of carbonyl (C=O) groups excluding carboxylic acids is 4. The second kappa shape index (κ2) is 7.53. The van der Waals surface area contributed by atoms with Crippen molar-refractivity contribution >= 4 is 34.8 Å². The van der Waals surface area contributed by atoms with Crippen molar-refractivity contribution in [2.45, 2.75) is 13.8 Å². The Bertz CT molecular complexity index is 1020. The van der Waals surface area contributed by atoms with Gasteiger partial charge in [0.2, 0.25) is 17.3 Å². The van der Waals surface area contributed by atoms with E-state index >= 15 is 0 Å². The summed E-state index contributed by atoms with van der Waals surface area (Å²) in [6.07, 6.45) is 0. The highest BCUT2D eigenvalue weighted by Crippen LogP contribution is 2.35. The SMILES string of the molecule is CCOC(=O)CN1CCN(C(=O)c2cc3c(s2)C(=O)c2c(C)noc2C3=O)CC1. The van der Waals surface area contributed by atoms with Crippen molar-refractivity contribution in [1.29, 1.82) is 0 Å². The van der Waals surface area contributed by atoms with Gasteiger partial charge in [0.15, 0.2) is 0 Å². The van der Waals surface area contributed by atoms with E-state index in [-0.39, 0.29) is 46.0 Å². The number of nitrogens with zero attached hydrogens (tertiary/aromatic N) is 3. The molecule has 2 aliphatic rings. The molecule has 1 aliphatic carbocycles. The van der Waals surface area contributed by atoms with Crippen LogP contribution in [0.25, 0.3) is 0 Å². The first-order valence-electron chi connectivity index (χ1n) is 9.27. The van der Waals surface area contributed by atoms with Crippen molar-refractivity contribution < 1.29 is 28.4 Å². The van der Waals surface area contributed by atoms with Crippen LogP contribution in [0.4, 0.5) is 0 Å². The Balaban J connectivity index is 1.47. The molecule has 0 radical (unpaired) electrons. The molecule has 152 valence electrons. The first-order valence-corrected chi connectivity index (χ1v) is 10.1. The van der Waals surface area contributed by atoms with Crippen molar-refractivity contribution in [1.82, 2.24) is 15.0 Å². The first kappa shape index (κ1) is 19.5. The third-order valence-corrected chi connectivity index (χ3v) is 6.13. The van der Waals surface area contributed by atoms with Gasteiger partial charge in [-0.05, 0) is 19.9 Å². The van der Waals surface area contributed by atoms with E-state index in [0.29, 0.717) is 43.4 Å². The van der Waals surface area contributed by atoms with Gasteiger partial charge in [-0.2, -0.15) is 0 Å². The van der Waals surface area contributed by atoms with Gasteiger partial charge in [0.05, 0.1) is 34.2 Å². The minimum absolute atomic E-state index is 0.0654. The van der Waals surface area contributed by atoms with E-state index in [9.17, 15) is 19.2 Å². The van der Waals surface area contributed by atoms with E-state index < -0.39 is 5.78 Å². The summed E-state index contributed by atoms with van der Waals surface area (Å²) in [5.41, 5.74) is 0.729. The van der Waals surface area contributed by atoms with Gasteiger partial charge in [-0.3, -0.25) is 24.1 Å². The molecule has 0 saturated carbocycles. The van der Waals surface area contributed by atoms with Crippen molar-refractivity contribution in [2.75, 3.05) is 39.3 Å². The summed E-state index contributed by atoms with van der Waals surface area (Å²) in [7, 11) is 0. The Labute approximate surface area is 170 Å². The summed E-state index contributed by atoms with van der Waals surface area (Å²) < 4.78 is 9.97. The summed E-state index contributed by atoms with van der Waals surface area (Å²) in [6.45, 7) is 5.90. The number of piperazine rings is 1. The van der Waals surface area contributed by atoms with Gasteiger partial charge in [-0.15, -0.1) is 11.3 Å². The quantitative estimate of drug-likeness (QED) is 0.581. The Morgan fingerprint density at radius 3 is 2.62 bits per heavy atom. The van der Waals surface area contributed by atoms with Gasteiger partial charge in [0.25, 0.3) is 5.91 Å². The summed E-state index contributed by atoms with van der Waals surface area (Å²) in [4.78, 5) is 54.0. The smallest absolute Gasteiger partial charge is 0.320 e. The summed E-state index contributed by atoms with van der Waals surface area (Å²) in [5, 5.41) is 3.71. The molecule has 0 spiro atoms. The van der Waals surface area contributed by atoms with Crippen LogP contribution >= 0.6 is 11.3 Å². The lowest BCUT2D eigenvalue weighted by Crippen LogP contribution is -2.50. The predicted octanol–water partition coefficient (Wildman–Crippen LogP) is 1.14. The fraction of sp³-hybridized carbons (Fsp3) is 0.421. The Morgan fingerprint density at radius 1 is 1.21 bits per heavy atom. The van der Waals surface area contributed by atoms with Crippen LogP contribution < -0.4 is 0 Å². The normalized spacial score (nSPS) is 16.6. The molecule has 2 aromatic rings. The minimum Gasteiger partial charge on any atom is -0.465 e. The predicted molar refractivity (Wildman–Crippen MR) is 101 cm³/mol. The topological polar surface area (TPSA) is 110 Å². The second-order valence-corrected chi connectivity index (χ2v) is 7.91. The second-order valence-electron chi connectivity index (χ2n) is 6.86. The number of fused-ring (bicyclic) bond motifs is 2. The number of aryl methyl sites for hydroxylation is 1. The number of carbonyl (C=O) groups is 4. The van der Waals surface area contributed by atoms with E-state index in [1.807, 2.05) is 4.90 Å². The van der Waals surface area contributed by atoms with Crippen molar-refractivity contribution in [3.63, 3.8) is 0 Å². The van der Waals surface area contributed by atoms with Crippen molar-refractivity contribution in [3.05, 3.63) is 38.4 Å². The molecule has 9 nitrogen and oxygen atoms in total. The van der Waals surface area contributed by atoms with Crippen molar-refractivity contribution in [2.24, 2.45) is 0 Å². The molecule has 0 atom stereocenters. The fourth-order valence-electron chi connectivity index (χ4n) is 3.52. The molecule has 1 fully saturated rings. The number of aromatic nitrogens is 1.